The first-order chi connectivity index (χ1) is 13.1. The number of anilines is 1. The Morgan fingerprint density at radius 3 is 2.75 bits per heavy atom. The summed E-state index contributed by atoms with van der Waals surface area (Å²) in [6.07, 6.45) is 3.45. The Labute approximate surface area is 164 Å². The van der Waals surface area contributed by atoms with E-state index in [0.717, 1.165) is 34.3 Å². The Morgan fingerprint density at radius 2 is 2.18 bits per heavy atom. The van der Waals surface area contributed by atoms with Crippen molar-refractivity contribution in [3.8, 4) is 0 Å². The van der Waals surface area contributed by atoms with Crippen molar-refractivity contribution in [1.82, 2.24) is 14.8 Å². The highest BCUT2D eigenvalue weighted by molar-refractivity contribution is 7.17. The number of carboxylic acids is 1. The zero-order valence-electron chi connectivity index (χ0n) is 15.8. The first-order valence-corrected chi connectivity index (χ1v) is 9.59. The zero-order chi connectivity index (χ0) is 20.6. The van der Waals surface area contributed by atoms with Crippen molar-refractivity contribution in [2.75, 3.05) is 5.32 Å². The first-order valence-electron chi connectivity index (χ1n) is 8.77. The monoisotopic (exact) mass is 407 g/mol. The molecule has 0 saturated carbocycles. The molecule has 0 bridgehead atoms. The van der Waals surface area contributed by atoms with Gasteiger partial charge in [-0.2, -0.15) is 4.68 Å². The van der Waals surface area contributed by atoms with Gasteiger partial charge in [0.1, 0.15) is 11.5 Å². The second-order valence-corrected chi connectivity index (χ2v) is 8.97. The van der Waals surface area contributed by atoms with Gasteiger partial charge in [0.25, 0.3) is 0 Å². The van der Waals surface area contributed by atoms with Crippen LogP contribution < -0.4 is 5.32 Å². The minimum atomic E-state index is -1.07. The fourth-order valence-corrected chi connectivity index (χ4v) is 4.73. The van der Waals surface area contributed by atoms with E-state index in [4.69, 9.17) is 0 Å². The number of carboxylic acid groups (broad SMARTS) is 1. The second kappa shape index (κ2) is 7.30. The number of aromatic carboxylic acids is 1. The van der Waals surface area contributed by atoms with Crippen molar-refractivity contribution >= 4 is 34.2 Å². The number of hydrogen-bond acceptors (Lipinski definition) is 7. The summed E-state index contributed by atoms with van der Waals surface area (Å²) >= 11 is 1.29. The second-order valence-electron chi connectivity index (χ2n) is 7.87. The van der Waals surface area contributed by atoms with Crippen LogP contribution in [-0.2, 0) is 24.2 Å². The molecule has 1 amide bonds. The minimum absolute atomic E-state index is 0.121. The predicted molar refractivity (Wildman–Crippen MR) is 102 cm³/mol. The highest BCUT2D eigenvalue weighted by Crippen LogP contribution is 2.44. The van der Waals surface area contributed by atoms with Crippen LogP contribution in [-0.4, -0.2) is 36.7 Å². The molecule has 28 heavy (non-hydrogen) atoms. The number of hydrogen-bond donors (Lipinski definition) is 2. The molecule has 3 rings (SSSR count). The van der Waals surface area contributed by atoms with Crippen molar-refractivity contribution in [3.05, 3.63) is 32.4 Å². The number of rotatable bonds is 5. The third-order valence-electron chi connectivity index (χ3n) is 4.95. The Hall–Kier alpha value is -2.82. The lowest BCUT2D eigenvalue weighted by Gasteiger charge is -2.33. The van der Waals surface area contributed by atoms with E-state index in [2.05, 4.69) is 36.2 Å². The molecule has 2 heterocycles. The lowest BCUT2D eigenvalue weighted by atomic mass is 9.72. The molecule has 1 aliphatic carbocycles. The van der Waals surface area contributed by atoms with Crippen molar-refractivity contribution in [1.29, 1.82) is 0 Å². The number of nitrogens with one attached hydrogen (secondary N) is 1. The van der Waals surface area contributed by atoms with Crippen molar-refractivity contribution in [2.45, 2.75) is 46.6 Å². The van der Waals surface area contributed by atoms with Gasteiger partial charge in [-0.25, -0.2) is 4.79 Å². The Kier molecular flexibility index (Phi) is 5.20. The Morgan fingerprint density at radius 1 is 1.46 bits per heavy atom. The van der Waals surface area contributed by atoms with Crippen molar-refractivity contribution in [2.24, 2.45) is 11.3 Å². The van der Waals surface area contributed by atoms with E-state index in [-0.39, 0.29) is 17.5 Å². The van der Waals surface area contributed by atoms with Crippen LogP contribution in [0.4, 0.5) is 10.9 Å². The summed E-state index contributed by atoms with van der Waals surface area (Å²) in [6.45, 7) is 6.23. The van der Waals surface area contributed by atoms with E-state index in [1.165, 1.54) is 11.3 Å². The van der Waals surface area contributed by atoms with Crippen LogP contribution in [0.25, 0.3) is 0 Å². The standard InChI is InChI=1S/C17H21N5O5S/c1-17(2,3)9-4-5-10-11(6-9)28-14(13(10)15(24)25)19-12(23)7-21-8-18-16(20-21)22(26)27/h8-9H,4-7H2,1-3H3,(H,19,23)(H,24,25). The van der Waals surface area contributed by atoms with Crippen LogP contribution in [0.2, 0.25) is 0 Å². The summed E-state index contributed by atoms with van der Waals surface area (Å²) < 4.78 is 1.04. The first kappa shape index (κ1) is 19.9. The molecule has 0 aliphatic heterocycles. The SMILES string of the molecule is CC(C)(C)C1CCc2c(sc(NC(=O)Cn3cnc([N+](=O)[O-])n3)c2C(=O)O)C1. The highest BCUT2D eigenvalue weighted by Gasteiger charge is 2.34. The van der Waals surface area contributed by atoms with Gasteiger partial charge in [0.15, 0.2) is 0 Å². The molecule has 0 spiro atoms. The predicted octanol–water partition coefficient (Wildman–Crippen LogP) is 2.74. The summed E-state index contributed by atoms with van der Waals surface area (Å²) in [7, 11) is 0. The number of fused-ring (bicyclic) bond motifs is 1. The van der Waals surface area contributed by atoms with Crippen molar-refractivity contribution in [3.63, 3.8) is 0 Å². The maximum absolute atomic E-state index is 12.3. The van der Waals surface area contributed by atoms with Gasteiger partial charge in [-0.3, -0.25) is 4.79 Å². The van der Waals surface area contributed by atoms with E-state index in [9.17, 15) is 24.8 Å². The maximum atomic E-state index is 12.3. The lowest BCUT2D eigenvalue weighted by molar-refractivity contribution is -0.394. The molecule has 150 valence electrons. The number of thiophene rings is 1. The van der Waals surface area contributed by atoms with Crippen LogP contribution >= 0.6 is 11.3 Å². The molecule has 0 saturated heterocycles. The average molecular weight is 407 g/mol. The molecule has 0 radical (unpaired) electrons. The number of carbonyl (C=O) groups is 2. The molecule has 11 heteroatoms. The van der Waals surface area contributed by atoms with E-state index in [0.29, 0.717) is 17.3 Å². The van der Waals surface area contributed by atoms with Gasteiger partial charge in [0.2, 0.25) is 12.2 Å². The fourth-order valence-electron chi connectivity index (χ4n) is 3.40. The molecule has 10 nitrogen and oxygen atoms in total. The molecular weight excluding hydrogens is 386 g/mol. The Bertz CT molecular complexity index is 942. The normalized spacial score (nSPS) is 16.5. The van der Waals surface area contributed by atoms with E-state index >= 15 is 0 Å². The van der Waals surface area contributed by atoms with Gasteiger partial charge in [0.05, 0.1) is 5.56 Å². The fraction of sp³-hybridized carbons (Fsp3) is 0.529. The largest absolute Gasteiger partial charge is 0.490 e. The molecule has 2 aromatic heterocycles. The highest BCUT2D eigenvalue weighted by atomic mass is 32.1. The number of nitro groups is 1. The lowest BCUT2D eigenvalue weighted by Crippen LogP contribution is -2.26. The van der Waals surface area contributed by atoms with Gasteiger partial charge in [-0.05, 0) is 41.1 Å². The summed E-state index contributed by atoms with van der Waals surface area (Å²) in [4.78, 5) is 38.5. The smallest absolute Gasteiger partial charge is 0.478 e. The third-order valence-corrected chi connectivity index (χ3v) is 6.12. The van der Waals surface area contributed by atoms with Crippen LogP contribution in [0.5, 0.6) is 0 Å². The van der Waals surface area contributed by atoms with Gasteiger partial charge in [-0.15, -0.1) is 11.3 Å². The van der Waals surface area contributed by atoms with E-state index in [1.807, 2.05) is 0 Å². The maximum Gasteiger partial charge on any atom is 0.490 e. The molecule has 2 N–H and O–H groups in total. The van der Waals surface area contributed by atoms with Crippen molar-refractivity contribution < 1.29 is 19.6 Å². The molecule has 0 aromatic carbocycles. The molecular formula is C17H21N5O5S. The molecule has 0 fully saturated rings. The third kappa shape index (κ3) is 4.03. The summed E-state index contributed by atoms with van der Waals surface area (Å²) in [6, 6.07) is 0. The van der Waals surface area contributed by atoms with Gasteiger partial charge < -0.3 is 20.5 Å². The van der Waals surface area contributed by atoms with E-state index < -0.39 is 22.7 Å². The molecule has 1 atom stereocenters. The molecule has 1 unspecified atom stereocenters. The van der Waals surface area contributed by atoms with Crippen LogP contribution in [0.3, 0.4) is 0 Å². The Balaban J connectivity index is 1.80. The number of amides is 1. The quantitative estimate of drug-likeness (QED) is 0.573. The number of carbonyl (C=O) groups excluding carboxylic acids is 1. The number of aromatic nitrogens is 3. The topological polar surface area (TPSA) is 140 Å². The van der Waals surface area contributed by atoms with Crippen LogP contribution in [0.15, 0.2) is 6.33 Å². The van der Waals surface area contributed by atoms with Gasteiger partial charge in [-0.1, -0.05) is 25.8 Å². The zero-order valence-corrected chi connectivity index (χ0v) is 16.6. The summed E-state index contributed by atoms with van der Waals surface area (Å²) in [5.41, 5.74) is 1.06. The minimum Gasteiger partial charge on any atom is -0.478 e. The number of nitrogens with zero attached hydrogens (tertiary/aromatic N) is 4. The van der Waals surface area contributed by atoms with E-state index in [1.54, 1.807) is 0 Å². The van der Waals surface area contributed by atoms with Crippen LogP contribution in [0, 0.1) is 21.4 Å². The van der Waals surface area contributed by atoms with Gasteiger partial charge in [0, 0.05) is 9.98 Å². The van der Waals surface area contributed by atoms with Crippen LogP contribution in [0.1, 0.15) is 48.0 Å². The molecule has 1 aliphatic rings. The molecule has 2 aromatic rings. The van der Waals surface area contributed by atoms with Gasteiger partial charge >= 0.3 is 11.9 Å². The summed E-state index contributed by atoms with van der Waals surface area (Å²) in [5.74, 6) is -1.75. The summed E-state index contributed by atoms with van der Waals surface area (Å²) in [5, 5.41) is 26.8. The average Bonchev–Trinajstić information content (AvgIpc) is 3.17.